The molecule has 1 aliphatic heterocycles. The van der Waals surface area contributed by atoms with Crippen molar-refractivity contribution in [3.05, 3.63) is 57.8 Å². The molecule has 0 radical (unpaired) electrons. The zero-order chi connectivity index (χ0) is 27.5. The van der Waals surface area contributed by atoms with Crippen LogP contribution in [0.2, 0.25) is 0 Å². The molecule has 3 atom stereocenters. The fourth-order valence-electron chi connectivity index (χ4n) is 5.89. The molecule has 2 aliphatic rings. The van der Waals surface area contributed by atoms with Crippen LogP contribution in [0.1, 0.15) is 39.6 Å². The van der Waals surface area contributed by atoms with Gasteiger partial charge in [-0.3, -0.25) is 9.20 Å². The number of ether oxygens (including phenoxy) is 1. The van der Waals surface area contributed by atoms with Crippen molar-refractivity contribution in [1.82, 2.24) is 24.6 Å². The summed E-state index contributed by atoms with van der Waals surface area (Å²) in [7, 11) is 0. The van der Waals surface area contributed by atoms with Crippen LogP contribution in [0.3, 0.4) is 0 Å². The highest BCUT2D eigenvalue weighted by Gasteiger charge is 2.56. The number of hydrogen-bond acceptors (Lipinski definition) is 7. The first-order chi connectivity index (χ1) is 18.6. The quantitative estimate of drug-likeness (QED) is 0.331. The third-order valence-corrected chi connectivity index (χ3v) is 9.31. The third-order valence-electron chi connectivity index (χ3n) is 7.53. The van der Waals surface area contributed by atoms with Crippen LogP contribution in [0, 0.1) is 32.6 Å². The predicted octanol–water partition coefficient (Wildman–Crippen LogP) is 5.72. The second kappa shape index (κ2) is 9.67. The summed E-state index contributed by atoms with van der Waals surface area (Å²) in [5.74, 6) is -3.58. The fourth-order valence-corrected chi connectivity index (χ4v) is 7.55. The highest BCUT2D eigenvalue weighted by atomic mass is 32.1. The van der Waals surface area contributed by atoms with Crippen LogP contribution >= 0.6 is 22.7 Å². The smallest absolute Gasteiger partial charge is 0.391 e. The van der Waals surface area contributed by atoms with Crippen LogP contribution in [0.25, 0.3) is 15.4 Å². The fraction of sp³-hybridized carbons (Fsp3) is 0.407. The van der Waals surface area contributed by atoms with Crippen molar-refractivity contribution in [2.75, 3.05) is 13.1 Å². The maximum Gasteiger partial charge on any atom is 0.414 e. The number of benzene rings is 1. The topological polar surface area (TPSA) is 88.8 Å². The minimum Gasteiger partial charge on any atom is -0.391 e. The van der Waals surface area contributed by atoms with Gasteiger partial charge in [0, 0.05) is 37.5 Å². The van der Waals surface area contributed by atoms with Gasteiger partial charge >= 0.3 is 6.09 Å². The van der Waals surface area contributed by atoms with Gasteiger partial charge in [0.05, 0.1) is 15.9 Å². The number of thiazole rings is 2. The third kappa shape index (κ3) is 4.80. The molecule has 1 saturated heterocycles. The maximum absolute atomic E-state index is 14.4. The van der Waals surface area contributed by atoms with Crippen molar-refractivity contribution in [3.63, 3.8) is 0 Å². The molecular weight excluding hydrogens is 544 g/mol. The number of alkyl halides is 2. The van der Waals surface area contributed by atoms with Crippen LogP contribution in [-0.2, 0) is 0 Å². The van der Waals surface area contributed by atoms with Crippen molar-refractivity contribution >= 4 is 39.6 Å². The number of rotatable bonds is 5. The molecule has 12 heteroatoms. The van der Waals surface area contributed by atoms with Gasteiger partial charge in [-0.1, -0.05) is 29.8 Å². The molecule has 4 aromatic rings. The van der Waals surface area contributed by atoms with E-state index in [2.05, 4.69) is 15.3 Å². The summed E-state index contributed by atoms with van der Waals surface area (Å²) in [5, 5.41) is 5.31. The lowest BCUT2D eigenvalue weighted by Crippen LogP contribution is -2.47. The predicted molar refractivity (Wildman–Crippen MR) is 145 cm³/mol. The molecule has 4 heterocycles. The summed E-state index contributed by atoms with van der Waals surface area (Å²) in [6.45, 7) is 5.76. The minimum atomic E-state index is -2.79. The number of nitrogens with one attached hydrogen (secondary N) is 1. The average molecular weight is 572 g/mol. The Morgan fingerprint density at radius 3 is 2.82 bits per heavy atom. The van der Waals surface area contributed by atoms with E-state index < -0.39 is 24.0 Å². The zero-order valence-corrected chi connectivity index (χ0v) is 23.2. The number of imidazole rings is 1. The molecule has 2 fully saturated rings. The molecule has 6 rings (SSSR count). The van der Waals surface area contributed by atoms with Crippen molar-refractivity contribution < 1.29 is 23.1 Å². The van der Waals surface area contributed by atoms with E-state index in [9.17, 15) is 18.4 Å². The Balaban J connectivity index is 1.25. The van der Waals surface area contributed by atoms with E-state index in [-0.39, 0.29) is 37.8 Å². The molecule has 1 saturated carbocycles. The average Bonchev–Trinajstić information content (AvgIpc) is 3.66. The minimum absolute atomic E-state index is 0.00461. The van der Waals surface area contributed by atoms with Gasteiger partial charge in [0.15, 0.2) is 4.96 Å². The molecule has 0 spiro atoms. The molecule has 2 amide bonds. The van der Waals surface area contributed by atoms with E-state index >= 15 is 0 Å². The lowest BCUT2D eigenvalue weighted by atomic mass is 9.94. The molecule has 1 aliphatic carbocycles. The van der Waals surface area contributed by atoms with Gasteiger partial charge in [0.25, 0.3) is 5.91 Å². The lowest BCUT2D eigenvalue weighted by molar-refractivity contribution is -0.00608. The van der Waals surface area contributed by atoms with E-state index in [1.165, 1.54) is 22.7 Å². The monoisotopic (exact) mass is 571 g/mol. The van der Waals surface area contributed by atoms with Crippen LogP contribution in [0.15, 0.2) is 35.8 Å². The van der Waals surface area contributed by atoms with Gasteiger partial charge in [-0.25, -0.2) is 23.5 Å². The highest BCUT2D eigenvalue weighted by Crippen LogP contribution is 2.50. The number of hydrogen-bond donors (Lipinski definition) is 1. The Labute approximate surface area is 231 Å². The van der Waals surface area contributed by atoms with E-state index in [1.807, 2.05) is 43.5 Å². The van der Waals surface area contributed by atoms with Gasteiger partial charge in [-0.2, -0.15) is 0 Å². The van der Waals surface area contributed by atoms with Crippen LogP contribution in [0.5, 0.6) is 5.88 Å². The standard InChI is InChI=1S/C27H27F2N5O3S2/c1-14-5-4-6-17(9-14)22-21(32-16(3)39-22)23(35)34-13-18-10-27(28,29)11-19(18)20(34)12-30-26(36)37-24-15(2)31-25-33(24)7-8-38-25/h4-9,18-20H,10-13H2,1-3H3,(H,30,36)/t18-,19-,20+/m0/s1. The summed E-state index contributed by atoms with van der Waals surface area (Å²) in [4.78, 5) is 38.7. The molecule has 0 unspecified atom stereocenters. The van der Waals surface area contributed by atoms with Gasteiger partial charge in [0.1, 0.15) is 11.4 Å². The van der Waals surface area contributed by atoms with Crippen molar-refractivity contribution in [3.8, 4) is 16.3 Å². The van der Waals surface area contributed by atoms with Crippen LogP contribution in [0.4, 0.5) is 13.6 Å². The molecule has 0 bridgehead atoms. The summed E-state index contributed by atoms with van der Waals surface area (Å²) in [5.41, 5.74) is 2.83. The summed E-state index contributed by atoms with van der Waals surface area (Å²) >= 11 is 2.85. The molecule has 3 aromatic heterocycles. The second-order valence-electron chi connectivity index (χ2n) is 10.3. The van der Waals surface area contributed by atoms with Gasteiger partial charge in [-0.15, -0.1) is 22.7 Å². The number of amides is 2. The zero-order valence-electron chi connectivity index (χ0n) is 21.6. The molecule has 8 nitrogen and oxygen atoms in total. The Kier molecular flexibility index (Phi) is 6.41. The van der Waals surface area contributed by atoms with Crippen molar-refractivity contribution in [2.24, 2.45) is 11.8 Å². The number of halogens is 2. The van der Waals surface area contributed by atoms with Crippen LogP contribution in [-0.4, -0.2) is 56.3 Å². The van der Waals surface area contributed by atoms with Gasteiger partial charge < -0.3 is 15.0 Å². The normalized spacial score (nSPS) is 21.9. The largest absolute Gasteiger partial charge is 0.414 e. The summed E-state index contributed by atoms with van der Waals surface area (Å²) in [6.07, 6.45) is 0.443. The molecule has 1 aromatic carbocycles. The molecule has 204 valence electrons. The number of carbonyl (C=O) groups excluding carboxylic acids is 2. The highest BCUT2D eigenvalue weighted by molar-refractivity contribution is 7.15. The number of likely N-dealkylation sites (tertiary alicyclic amines) is 1. The number of carbonyl (C=O) groups is 2. The van der Waals surface area contributed by atoms with Gasteiger partial charge in [0.2, 0.25) is 11.8 Å². The number of fused-ring (bicyclic) bond motifs is 2. The Bertz CT molecular complexity index is 1580. The molecule has 1 N–H and O–H groups in total. The second-order valence-corrected chi connectivity index (χ2v) is 12.4. The van der Waals surface area contributed by atoms with E-state index in [0.29, 0.717) is 22.2 Å². The van der Waals surface area contributed by atoms with Crippen molar-refractivity contribution in [2.45, 2.75) is 45.6 Å². The first kappa shape index (κ1) is 25.9. The molecular formula is C27H27F2N5O3S2. The van der Waals surface area contributed by atoms with Crippen molar-refractivity contribution in [1.29, 1.82) is 0 Å². The first-order valence-electron chi connectivity index (χ1n) is 12.7. The Hall–Kier alpha value is -3.38. The Morgan fingerprint density at radius 2 is 2.03 bits per heavy atom. The Morgan fingerprint density at radius 1 is 1.21 bits per heavy atom. The van der Waals surface area contributed by atoms with Crippen LogP contribution < -0.4 is 10.1 Å². The first-order valence-corrected chi connectivity index (χ1v) is 14.4. The number of aromatic nitrogens is 3. The summed E-state index contributed by atoms with van der Waals surface area (Å²) < 4.78 is 36.0. The molecule has 39 heavy (non-hydrogen) atoms. The lowest BCUT2D eigenvalue weighted by Gasteiger charge is -2.28. The van der Waals surface area contributed by atoms with Gasteiger partial charge in [-0.05, 0) is 38.2 Å². The van der Waals surface area contributed by atoms with E-state index in [1.54, 1.807) is 22.4 Å². The summed E-state index contributed by atoms with van der Waals surface area (Å²) in [6, 6.07) is 7.25. The SMILES string of the molecule is Cc1cccc(-c2sc(C)nc2C(=O)N2C[C@@H]3CC(F)(F)C[C@@H]3[C@H]2CNC(=O)Oc2c(C)nc3sccn23)c1. The van der Waals surface area contributed by atoms with E-state index in [4.69, 9.17) is 4.74 Å². The maximum atomic E-state index is 14.4. The number of nitrogens with zero attached hydrogens (tertiary/aromatic N) is 4. The van der Waals surface area contributed by atoms with E-state index in [0.717, 1.165) is 21.0 Å². The number of aryl methyl sites for hydroxylation is 3.